The molecular weight excluding hydrogens is 696 g/mol. The molecular formula is C42H40O12. The molecule has 0 heterocycles. The van der Waals surface area contributed by atoms with Crippen LogP contribution < -0.4 is 28.4 Å². The molecule has 4 rings (SSSR count). The number of methoxy groups -OCH3 is 4. The first kappa shape index (κ1) is 41.3. The van der Waals surface area contributed by atoms with Gasteiger partial charge in [0, 0.05) is 13.8 Å². The average molecular weight is 737 g/mol. The molecule has 4 aromatic carbocycles. The fourth-order valence-corrected chi connectivity index (χ4v) is 4.47. The molecule has 0 saturated carbocycles. The van der Waals surface area contributed by atoms with Gasteiger partial charge in [-0.25, -0.2) is 0 Å². The van der Waals surface area contributed by atoms with Crippen LogP contribution >= 0.6 is 0 Å². The van der Waals surface area contributed by atoms with Gasteiger partial charge < -0.3 is 38.6 Å². The standard InChI is InChI=1S/C23H22O7.C19H18O5/c1-15(24)29-20-11-7-17(13-22(20)27-3)5-9-19(26)10-6-18-8-12-21(30-16(2)25)23(14-18)28-4;1-23-18-11-13(5-9-16(18)21)3-7-15(20)8-4-14-6-10-17(22)19(12-14)24-2/h5-14H,1-4H3;3-12,21-22H,1-2H3. The number of esters is 2. The van der Waals surface area contributed by atoms with Gasteiger partial charge in [-0.2, -0.15) is 0 Å². The second-order valence-electron chi connectivity index (χ2n) is 11.0. The van der Waals surface area contributed by atoms with E-state index in [2.05, 4.69) is 0 Å². The number of ether oxygens (including phenoxy) is 6. The lowest BCUT2D eigenvalue weighted by Gasteiger charge is -2.08. The number of phenols is 2. The Morgan fingerprint density at radius 3 is 0.981 bits per heavy atom. The summed E-state index contributed by atoms with van der Waals surface area (Å²) in [6.45, 7) is 2.61. The van der Waals surface area contributed by atoms with Crippen LogP contribution in [0.4, 0.5) is 0 Å². The highest BCUT2D eigenvalue weighted by Crippen LogP contribution is 2.31. The van der Waals surface area contributed by atoms with Crippen molar-refractivity contribution in [2.75, 3.05) is 28.4 Å². The lowest BCUT2D eigenvalue weighted by molar-refractivity contribution is -0.132. The summed E-state index contributed by atoms with van der Waals surface area (Å²) in [5, 5.41) is 19.1. The van der Waals surface area contributed by atoms with E-state index in [0.717, 1.165) is 11.1 Å². The molecule has 0 unspecified atom stereocenters. The van der Waals surface area contributed by atoms with E-state index in [9.17, 15) is 29.4 Å². The van der Waals surface area contributed by atoms with E-state index in [1.54, 1.807) is 85.0 Å². The number of allylic oxidation sites excluding steroid dienone is 4. The van der Waals surface area contributed by atoms with E-state index >= 15 is 0 Å². The summed E-state index contributed by atoms with van der Waals surface area (Å²) in [7, 11) is 5.85. The minimum Gasteiger partial charge on any atom is -0.504 e. The SMILES string of the molecule is COc1cc(C=CC(=O)C=Cc2ccc(O)c(OC)c2)ccc1O.COc1cc(C=CC(=O)C=Cc2ccc(OC(C)=O)c(OC)c2)ccc1OC(C)=O. The number of ketones is 2. The Morgan fingerprint density at radius 2 is 0.704 bits per heavy atom. The topological polar surface area (TPSA) is 164 Å². The van der Waals surface area contributed by atoms with E-state index in [0.29, 0.717) is 45.6 Å². The van der Waals surface area contributed by atoms with Crippen molar-refractivity contribution in [3.8, 4) is 46.0 Å². The van der Waals surface area contributed by atoms with Gasteiger partial charge in [0.25, 0.3) is 0 Å². The van der Waals surface area contributed by atoms with E-state index in [1.165, 1.54) is 78.7 Å². The van der Waals surface area contributed by atoms with Gasteiger partial charge >= 0.3 is 11.9 Å². The summed E-state index contributed by atoms with van der Waals surface area (Å²) < 4.78 is 30.5. The van der Waals surface area contributed by atoms with Crippen molar-refractivity contribution < 1.29 is 57.8 Å². The summed E-state index contributed by atoms with van der Waals surface area (Å²) in [6, 6.07) is 19.5. The van der Waals surface area contributed by atoms with Gasteiger partial charge in [-0.15, -0.1) is 0 Å². The molecule has 0 aliphatic heterocycles. The summed E-state index contributed by atoms with van der Waals surface area (Å²) in [6.07, 6.45) is 12.1. The van der Waals surface area contributed by atoms with Gasteiger partial charge in [-0.1, -0.05) is 48.6 Å². The molecule has 0 bridgehead atoms. The van der Waals surface area contributed by atoms with Crippen LogP contribution in [0.25, 0.3) is 24.3 Å². The van der Waals surface area contributed by atoms with Crippen LogP contribution in [-0.4, -0.2) is 62.2 Å². The van der Waals surface area contributed by atoms with Crippen LogP contribution in [0.1, 0.15) is 36.1 Å². The van der Waals surface area contributed by atoms with Crippen molar-refractivity contribution in [3.05, 3.63) is 119 Å². The third-order valence-electron chi connectivity index (χ3n) is 7.05. The summed E-state index contributed by atoms with van der Waals surface area (Å²) >= 11 is 0. The summed E-state index contributed by atoms with van der Waals surface area (Å²) in [5.74, 6) is 0.820. The first-order chi connectivity index (χ1) is 25.8. The minimum atomic E-state index is -0.450. The molecule has 0 spiro atoms. The molecule has 2 N–H and O–H groups in total. The minimum absolute atomic E-state index is 0.0437. The molecule has 0 radical (unpaired) electrons. The zero-order valence-electron chi connectivity index (χ0n) is 30.5. The Labute approximate surface area is 312 Å². The van der Waals surface area contributed by atoms with E-state index < -0.39 is 11.9 Å². The van der Waals surface area contributed by atoms with Crippen molar-refractivity contribution in [1.82, 2.24) is 0 Å². The first-order valence-corrected chi connectivity index (χ1v) is 16.1. The molecule has 0 aliphatic rings. The Kier molecular flexibility index (Phi) is 15.8. The molecule has 280 valence electrons. The van der Waals surface area contributed by atoms with Crippen LogP contribution in [0.5, 0.6) is 46.0 Å². The molecule has 0 saturated heterocycles. The normalized spacial score (nSPS) is 10.9. The quantitative estimate of drug-likeness (QED) is 0.0758. The summed E-state index contributed by atoms with van der Waals surface area (Å²) in [4.78, 5) is 46.3. The van der Waals surface area contributed by atoms with E-state index in [4.69, 9.17) is 28.4 Å². The number of phenolic OH excluding ortho intramolecular Hbond substituents is 2. The summed E-state index contributed by atoms with van der Waals surface area (Å²) in [5.41, 5.74) is 2.88. The van der Waals surface area contributed by atoms with Crippen molar-refractivity contribution in [3.63, 3.8) is 0 Å². The van der Waals surface area contributed by atoms with Crippen molar-refractivity contribution >= 4 is 47.8 Å². The maximum atomic E-state index is 12.1. The molecule has 12 nitrogen and oxygen atoms in total. The Balaban J connectivity index is 0.000000297. The molecule has 0 amide bonds. The lowest BCUT2D eigenvalue weighted by Crippen LogP contribution is -2.03. The van der Waals surface area contributed by atoms with E-state index in [1.807, 2.05) is 0 Å². The van der Waals surface area contributed by atoms with E-state index in [-0.39, 0.29) is 23.1 Å². The van der Waals surface area contributed by atoms with Gasteiger partial charge in [0.1, 0.15) is 0 Å². The van der Waals surface area contributed by atoms with Crippen LogP contribution in [0.2, 0.25) is 0 Å². The monoisotopic (exact) mass is 736 g/mol. The maximum Gasteiger partial charge on any atom is 0.308 e. The Bertz CT molecular complexity index is 1940. The molecule has 0 atom stereocenters. The van der Waals surface area contributed by atoms with Crippen LogP contribution in [0.15, 0.2) is 97.1 Å². The molecule has 0 aliphatic carbocycles. The van der Waals surface area contributed by atoms with Gasteiger partial charge in [-0.05, 0) is 95.1 Å². The van der Waals surface area contributed by atoms with Gasteiger partial charge in [0.15, 0.2) is 57.6 Å². The largest absolute Gasteiger partial charge is 0.504 e. The average Bonchev–Trinajstić information content (AvgIpc) is 3.16. The smallest absolute Gasteiger partial charge is 0.308 e. The third kappa shape index (κ3) is 13.2. The second-order valence-corrected chi connectivity index (χ2v) is 11.0. The second kappa shape index (κ2) is 20.7. The molecule has 12 heteroatoms. The number of aromatic hydroxyl groups is 2. The number of hydrogen-bond acceptors (Lipinski definition) is 12. The molecule has 0 aromatic heterocycles. The third-order valence-corrected chi connectivity index (χ3v) is 7.05. The maximum absolute atomic E-state index is 12.1. The Morgan fingerprint density at radius 1 is 0.426 bits per heavy atom. The van der Waals surface area contributed by atoms with Gasteiger partial charge in [-0.3, -0.25) is 19.2 Å². The number of benzene rings is 4. The zero-order valence-corrected chi connectivity index (χ0v) is 30.5. The van der Waals surface area contributed by atoms with Crippen LogP contribution in [0.3, 0.4) is 0 Å². The lowest BCUT2D eigenvalue weighted by atomic mass is 10.1. The van der Waals surface area contributed by atoms with Crippen molar-refractivity contribution in [2.45, 2.75) is 13.8 Å². The molecule has 4 aromatic rings. The van der Waals surface area contributed by atoms with Crippen LogP contribution in [0, 0.1) is 0 Å². The van der Waals surface area contributed by atoms with Gasteiger partial charge in [0.05, 0.1) is 28.4 Å². The number of rotatable bonds is 14. The fourth-order valence-electron chi connectivity index (χ4n) is 4.47. The zero-order chi connectivity index (χ0) is 39.6. The van der Waals surface area contributed by atoms with Gasteiger partial charge in [0.2, 0.25) is 0 Å². The van der Waals surface area contributed by atoms with Crippen molar-refractivity contribution in [2.24, 2.45) is 0 Å². The Hall–Kier alpha value is -7.08. The first-order valence-electron chi connectivity index (χ1n) is 16.1. The number of carbonyl (C=O) groups excluding carboxylic acids is 4. The highest BCUT2D eigenvalue weighted by atomic mass is 16.6. The predicted molar refractivity (Wildman–Crippen MR) is 204 cm³/mol. The number of hydrogen-bond donors (Lipinski definition) is 2. The van der Waals surface area contributed by atoms with Crippen molar-refractivity contribution in [1.29, 1.82) is 0 Å². The number of carbonyl (C=O) groups is 4. The van der Waals surface area contributed by atoms with Crippen LogP contribution in [-0.2, 0) is 19.2 Å². The fraction of sp³-hybridized carbons (Fsp3) is 0.143. The highest BCUT2D eigenvalue weighted by Gasteiger charge is 2.09. The predicted octanol–water partition coefficient (Wildman–Crippen LogP) is 7.26. The molecule has 54 heavy (non-hydrogen) atoms. The highest BCUT2D eigenvalue weighted by molar-refractivity contribution is 6.05. The molecule has 0 fully saturated rings.